The molecule has 12 heteroatoms. The lowest BCUT2D eigenvalue weighted by Gasteiger charge is -2.16. The molecule has 1 fully saturated rings. The lowest BCUT2D eigenvalue weighted by atomic mass is 10.2. The minimum absolute atomic E-state index is 0.0354. The van der Waals surface area contributed by atoms with Gasteiger partial charge in [0.15, 0.2) is 11.2 Å². The average Bonchev–Trinajstić information content (AvgIpc) is 3.00. The van der Waals surface area contributed by atoms with Gasteiger partial charge in [0, 0.05) is 6.42 Å². The van der Waals surface area contributed by atoms with Crippen LogP contribution in [0.15, 0.2) is 11.1 Å². The molecule has 120 valence electrons. The predicted molar refractivity (Wildman–Crippen MR) is 76.4 cm³/mol. The van der Waals surface area contributed by atoms with Crippen LogP contribution in [0.25, 0.3) is 11.2 Å². The maximum atomic E-state index is 11.7. The van der Waals surface area contributed by atoms with Crippen LogP contribution in [0.3, 0.4) is 0 Å². The zero-order valence-corrected chi connectivity index (χ0v) is 12.2. The second-order valence-electron chi connectivity index (χ2n) is 4.81. The van der Waals surface area contributed by atoms with Gasteiger partial charge in [0.2, 0.25) is 14.5 Å². The van der Waals surface area contributed by atoms with Gasteiger partial charge in [-0.05, 0) is 0 Å². The molecule has 11 nitrogen and oxygen atoms in total. The number of fused-ring (bicyclic) bond motifs is 1. The summed E-state index contributed by atoms with van der Waals surface area (Å²) >= 11 is 0. The van der Waals surface area contributed by atoms with Crippen molar-refractivity contribution in [2.75, 3.05) is 12.3 Å². The minimum atomic E-state index is -2.02. The third-order valence-electron chi connectivity index (χ3n) is 3.34. The number of ether oxygens (including phenoxy) is 1. The Labute approximate surface area is 124 Å². The normalized spacial score (nSPS) is 26.6. The molecule has 2 aromatic rings. The van der Waals surface area contributed by atoms with Crippen LogP contribution in [0.4, 0.5) is 5.95 Å². The number of rotatable bonds is 4. The third-order valence-corrected chi connectivity index (χ3v) is 3.75. The number of aliphatic hydroxyl groups excluding tert-OH is 1. The maximum Gasteiger partial charge on any atom is 0.280 e. The van der Waals surface area contributed by atoms with E-state index in [1.165, 1.54) is 10.9 Å². The highest BCUT2D eigenvalue weighted by atomic mass is 31.2. The fourth-order valence-corrected chi connectivity index (χ4v) is 2.64. The smallest absolute Gasteiger partial charge is 0.280 e. The Kier molecular flexibility index (Phi) is 4.08. The average molecular weight is 330 g/mol. The molecule has 1 unspecified atom stereocenters. The number of aromatic nitrogens is 4. The van der Waals surface area contributed by atoms with Crippen LogP contribution in [0.5, 0.6) is 0 Å². The van der Waals surface area contributed by atoms with Crippen LogP contribution < -0.4 is 16.8 Å². The van der Waals surface area contributed by atoms with Crippen molar-refractivity contribution in [3.05, 3.63) is 16.7 Å². The molecular weight excluding hydrogens is 315 g/mol. The number of hydrogen-bond donors (Lipinski definition) is 5. The lowest BCUT2D eigenvalue weighted by molar-refractivity contribution is -0.0378. The van der Waals surface area contributed by atoms with Crippen LogP contribution in [0, 0.1) is 0 Å². The van der Waals surface area contributed by atoms with Gasteiger partial charge in [0.05, 0.1) is 19.0 Å². The second-order valence-corrected chi connectivity index (χ2v) is 5.67. The highest BCUT2D eigenvalue weighted by molar-refractivity contribution is 7.43. The van der Waals surface area contributed by atoms with E-state index in [1.54, 1.807) is 0 Å². The van der Waals surface area contributed by atoms with Crippen molar-refractivity contribution in [2.45, 2.75) is 24.9 Å². The number of nitrogens with one attached hydrogen (secondary N) is 1. The van der Waals surface area contributed by atoms with Crippen LogP contribution in [-0.4, -0.2) is 48.3 Å². The number of nitrogens with two attached hydrogens (primary N) is 2. The molecule has 3 heterocycles. The van der Waals surface area contributed by atoms with E-state index in [2.05, 4.69) is 15.0 Å². The monoisotopic (exact) mass is 330 g/mol. The zero-order valence-electron chi connectivity index (χ0n) is 11.3. The number of H-pyrrole nitrogens is 1. The first kappa shape index (κ1) is 15.3. The standard InChI is InChI=1S/C10H15N6O5P/c11-10-14-8-7(9(18)15-10)13-3-16(8)6-1-4(17)5(21-6)2-20-22(12)19/h3-6,17,19H,1-2,12H2,(H3,11,14,15,18)/t4-,5+,6+,22?/m0/s1. The highest BCUT2D eigenvalue weighted by Gasteiger charge is 2.36. The van der Waals surface area contributed by atoms with Crippen molar-refractivity contribution in [3.8, 4) is 0 Å². The van der Waals surface area contributed by atoms with Crippen LogP contribution in [-0.2, 0) is 9.26 Å². The van der Waals surface area contributed by atoms with Gasteiger partial charge in [0.1, 0.15) is 12.3 Å². The van der Waals surface area contributed by atoms with E-state index in [1.807, 2.05) is 0 Å². The molecule has 1 saturated heterocycles. The van der Waals surface area contributed by atoms with Gasteiger partial charge in [0.25, 0.3) is 5.56 Å². The SMILES string of the molecule is Nc1nc2c(ncn2[C@H]2C[C@H](O)[C@@H](COP(N)O)O2)c(=O)[nH]1. The molecule has 2 aromatic heterocycles. The summed E-state index contributed by atoms with van der Waals surface area (Å²) in [4.78, 5) is 31.1. The summed E-state index contributed by atoms with van der Waals surface area (Å²) in [6.45, 7) is -0.0425. The van der Waals surface area contributed by atoms with E-state index in [9.17, 15) is 9.90 Å². The molecule has 0 saturated carbocycles. The number of nitrogen functional groups attached to an aromatic ring is 1. The molecule has 0 aliphatic carbocycles. The van der Waals surface area contributed by atoms with Crippen molar-refractivity contribution >= 4 is 25.6 Å². The molecule has 3 rings (SSSR count). The molecule has 0 radical (unpaired) electrons. The Morgan fingerprint density at radius 2 is 2.41 bits per heavy atom. The Morgan fingerprint density at radius 3 is 3.14 bits per heavy atom. The summed E-state index contributed by atoms with van der Waals surface area (Å²) in [7, 11) is -2.02. The largest absolute Gasteiger partial charge is 0.390 e. The van der Waals surface area contributed by atoms with Gasteiger partial charge in [-0.25, -0.2) is 4.98 Å². The highest BCUT2D eigenvalue weighted by Crippen LogP contribution is 2.32. The van der Waals surface area contributed by atoms with Gasteiger partial charge in [-0.2, -0.15) is 4.98 Å². The fraction of sp³-hybridized carbons (Fsp3) is 0.500. The first-order valence-corrected chi connectivity index (χ1v) is 7.66. The number of aromatic amines is 1. The molecule has 0 amide bonds. The third kappa shape index (κ3) is 2.82. The first-order valence-electron chi connectivity index (χ1n) is 6.38. The van der Waals surface area contributed by atoms with Crippen molar-refractivity contribution in [2.24, 2.45) is 5.50 Å². The van der Waals surface area contributed by atoms with Gasteiger partial charge in [-0.3, -0.25) is 19.8 Å². The van der Waals surface area contributed by atoms with Gasteiger partial charge >= 0.3 is 0 Å². The summed E-state index contributed by atoms with van der Waals surface area (Å²) in [5.74, 6) is -0.0354. The molecule has 4 atom stereocenters. The predicted octanol–water partition coefficient (Wildman–Crippen LogP) is -1.46. The summed E-state index contributed by atoms with van der Waals surface area (Å²) < 4.78 is 12.1. The Morgan fingerprint density at radius 1 is 1.64 bits per heavy atom. The van der Waals surface area contributed by atoms with Crippen molar-refractivity contribution < 1.29 is 19.3 Å². The quantitative estimate of drug-likeness (QED) is 0.420. The van der Waals surface area contributed by atoms with Crippen molar-refractivity contribution in [1.82, 2.24) is 19.5 Å². The molecular formula is C10H15N6O5P. The van der Waals surface area contributed by atoms with E-state index in [0.29, 0.717) is 0 Å². The minimum Gasteiger partial charge on any atom is -0.390 e. The number of aliphatic hydroxyl groups is 1. The van der Waals surface area contributed by atoms with E-state index < -0.39 is 32.5 Å². The summed E-state index contributed by atoms with van der Waals surface area (Å²) in [6.07, 6.45) is -0.388. The van der Waals surface area contributed by atoms with Gasteiger partial charge < -0.3 is 25.0 Å². The fourth-order valence-electron chi connectivity index (χ4n) is 2.34. The Hall–Kier alpha value is -1.62. The second kappa shape index (κ2) is 5.88. The van der Waals surface area contributed by atoms with E-state index >= 15 is 0 Å². The first-order chi connectivity index (χ1) is 10.5. The van der Waals surface area contributed by atoms with Crippen LogP contribution in [0.1, 0.15) is 12.6 Å². The van der Waals surface area contributed by atoms with Crippen LogP contribution >= 0.6 is 8.53 Å². The van der Waals surface area contributed by atoms with Crippen molar-refractivity contribution in [1.29, 1.82) is 0 Å². The molecule has 1 aliphatic heterocycles. The van der Waals surface area contributed by atoms with E-state index in [-0.39, 0.29) is 30.1 Å². The Balaban J connectivity index is 1.85. The van der Waals surface area contributed by atoms with E-state index in [0.717, 1.165) is 0 Å². The maximum absolute atomic E-state index is 11.7. The summed E-state index contributed by atoms with van der Waals surface area (Å²) in [6, 6.07) is 0. The van der Waals surface area contributed by atoms with Gasteiger partial charge in [-0.15, -0.1) is 0 Å². The molecule has 1 aliphatic rings. The Bertz CT molecular complexity index is 732. The number of anilines is 1. The molecule has 22 heavy (non-hydrogen) atoms. The summed E-state index contributed by atoms with van der Waals surface area (Å²) in [5, 5.41) is 9.99. The topological polar surface area (TPSA) is 175 Å². The zero-order chi connectivity index (χ0) is 15.9. The summed E-state index contributed by atoms with van der Waals surface area (Å²) in [5.41, 5.74) is 10.6. The number of nitrogens with zero attached hydrogens (tertiary/aromatic N) is 3. The molecule has 0 spiro atoms. The molecule has 0 bridgehead atoms. The lowest BCUT2D eigenvalue weighted by Crippen LogP contribution is -2.26. The van der Waals surface area contributed by atoms with Gasteiger partial charge in [-0.1, -0.05) is 0 Å². The van der Waals surface area contributed by atoms with E-state index in [4.69, 9.17) is 25.4 Å². The molecule has 7 N–H and O–H groups in total. The number of hydrogen-bond acceptors (Lipinski definition) is 9. The van der Waals surface area contributed by atoms with Crippen molar-refractivity contribution in [3.63, 3.8) is 0 Å². The number of imidazole rings is 1. The van der Waals surface area contributed by atoms with Crippen LogP contribution in [0.2, 0.25) is 0 Å². The molecule has 0 aromatic carbocycles.